The first kappa shape index (κ1) is 17.0. The van der Waals surface area contributed by atoms with Gasteiger partial charge < -0.3 is 5.11 Å². The van der Waals surface area contributed by atoms with Crippen LogP contribution >= 0.6 is 0 Å². The van der Waals surface area contributed by atoms with Gasteiger partial charge in [0.2, 0.25) is 0 Å². The van der Waals surface area contributed by atoms with Crippen LogP contribution in [0, 0.1) is 5.92 Å². The Morgan fingerprint density at radius 3 is 2.27 bits per heavy atom. The van der Waals surface area contributed by atoms with E-state index in [0.29, 0.717) is 17.9 Å². The fraction of sp³-hybridized carbons (Fsp3) is 0.588. The fourth-order valence-electron chi connectivity index (χ4n) is 3.35. The molecule has 0 aromatic heterocycles. The molecule has 0 aliphatic heterocycles. The highest BCUT2D eigenvalue weighted by Gasteiger charge is 2.27. The Labute approximate surface area is 132 Å². The number of hydrogen-bond acceptors (Lipinski definition) is 3. The van der Waals surface area contributed by atoms with Gasteiger partial charge in [-0.3, -0.25) is 0 Å². The van der Waals surface area contributed by atoms with E-state index in [4.69, 9.17) is 0 Å². The predicted octanol–water partition coefficient (Wildman–Crippen LogP) is 3.64. The molecule has 22 heavy (non-hydrogen) atoms. The summed E-state index contributed by atoms with van der Waals surface area (Å²) in [7, 11) is -3.44. The number of carboxylic acids is 1. The van der Waals surface area contributed by atoms with Gasteiger partial charge in [-0.2, -0.15) is 0 Å². The van der Waals surface area contributed by atoms with Crippen molar-refractivity contribution in [3.8, 4) is 0 Å². The normalized spacial score (nSPS) is 22.5. The molecule has 0 heterocycles. The van der Waals surface area contributed by atoms with Crippen molar-refractivity contribution in [1.82, 2.24) is 0 Å². The van der Waals surface area contributed by atoms with Gasteiger partial charge in [0.25, 0.3) is 0 Å². The summed E-state index contributed by atoms with van der Waals surface area (Å²) in [6.45, 7) is 4.12. The SMILES string of the molecule is CCc1cc(C2CCC(C)CC2)c(S(C)(=O)=O)cc1C(=O)O. The Kier molecular flexibility index (Phi) is 4.95. The number of aryl methyl sites for hydroxylation is 1. The fourth-order valence-corrected chi connectivity index (χ4v) is 4.33. The van der Waals surface area contributed by atoms with Crippen LogP contribution in [0.15, 0.2) is 17.0 Å². The lowest BCUT2D eigenvalue weighted by Crippen LogP contribution is -2.16. The molecular formula is C17H24O4S. The van der Waals surface area contributed by atoms with Crippen LogP contribution in [0.5, 0.6) is 0 Å². The van der Waals surface area contributed by atoms with Gasteiger partial charge in [-0.1, -0.05) is 32.8 Å². The average Bonchev–Trinajstić information content (AvgIpc) is 2.45. The van der Waals surface area contributed by atoms with E-state index in [1.54, 1.807) is 0 Å². The minimum absolute atomic E-state index is 0.107. The number of rotatable bonds is 4. The number of benzene rings is 1. The third kappa shape index (κ3) is 3.51. The molecule has 1 N–H and O–H groups in total. The first-order valence-corrected chi connectivity index (χ1v) is 9.73. The molecule has 0 radical (unpaired) electrons. The first-order valence-electron chi connectivity index (χ1n) is 7.84. The van der Waals surface area contributed by atoms with Crippen LogP contribution < -0.4 is 0 Å². The third-order valence-corrected chi connectivity index (χ3v) is 5.85. The molecule has 4 nitrogen and oxygen atoms in total. The Bertz CT molecular complexity index is 668. The molecule has 0 spiro atoms. The maximum Gasteiger partial charge on any atom is 0.336 e. The average molecular weight is 324 g/mol. The van der Waals surface area contributed by atoms with Crippen LogP contribution in [0.4, 0.5) is 0 Å². The highest BCUT2D eigenvalue weighted by Crippen LogP contribution is 2.39. The van der Waals surface area contributed by atoms with Crippen LogP contribution in [0.1, 0.15) is 66.9 Å². The summed E-state index contributed by atoms with van der Waals surface area (Å²) >= 11 is 0. The van der Waals surface area contributed by atoms with E-state index in [-0.39, 0.29) is 16.4 Å². The van der Waals surface area contributed by atoms with Crippen molar-refractivity contribution in [2.75, 3.05) is 6.26 Å². The molecule has 0 amide bonds. The molecule has 0 atom stereocenters. The number of carbonyl (C=O) groups is 1. The topological polar surface area (TPSA) is 71.4 Å². The van der Waals surface area contributed by atoms with E-state index in [1.807, 2.05) is 13.0 Å². The number of hydrogen-bond donors (Lipinski definition) is 1. The van der Waals surface area contributed by atoms with Crippen molar-refractivity contribution in [1.29, 1.82) is 0 Å². The Hall–Kier alpha value is -1.36. The second-order valence-electron chi connectivity index (χ2n) is 6.43. The summed E-state index contributed by atoms with van der Waals surface area (Å²) in [6.07, 6.45) is 5.88. The molecule has 1 aromatic rings. The lowest BCUT2D eigenvalue weighted by Gasteiger charge is -2.28. The van der Waals surface area contributed by atoms with E-state index in [9.17, 15) is 18.3 Å². The highest BCUT2D eigenvalue weighted by atomic mass is 32.2. The maximum atomic E-state index is 12.1. The summed E-state index contributed by atoms with van der Waals surface area (Å²) in [5.41, 5.74) is 1.64. The van der Waals surface area contributed by atoms with E-state index < -0.39 is 15.8 Å². The van der Waals surface area contributed by atoms with Crippen molar-refractivity contribution in [2.45, 2.75) is 56.8 Å². The smallest absolute Gasteiger partial charge is 0.336 e. The van der Waals surface area contributed by atoms with Crippen LogP contribution in [-0.2, 0) is 16.3 Å². The van der Waals surface area contributed by atoms with Gasteiger partial charge in [-0.25, -0.2) is 13.2 Å². The molecule has 122 valence electrons. The maximum absolute atomic E-state index is 12.1. The number of sulfone groups is 1. The molecule has 5 heteroatoms. The largest absolute Gasteiger partial charge is 0.478 e. The lowest BCUT2D eigenvalue weighted by molar-refractivity contribution is 0.0695. The van der Waals surface area contributed by atoms with Gasteiger partial charge in [0.05, 0.1) is 10.5 Å². The van der Waals surface area contributed by atoms with E-state index in [0.717, 1.165) is 37.5 Å². The standard InChI is InChI=1S/C17H24O4S/c1-4-12-9-14(13-7-5-11(2)6-8-13)16(22(3,20)21)10-15(12)17(18)19/h9-11,13H,4-8H2,1-3H3,(H,18,19). The van der Waals surface area contributed by atoms with Gasteiger partial charge in [-0.05, 0) is 48.3 Å². The van der Waals surface area contributed by atoms with Gasteiger partial charge in [-0.15, -0.1) is 0 Å². The molecule has 2 rings (SSSR count). The molecular weight excluding hydrogens is 300 g/mol. The van der Waals surface area contributed by atoms with Crippen molar-refractivity contribution >= 4 is 15.8 Å². The minimum Gasteiger partial charge on any atom is -0.478 e. The van der Waals surface area contributed by atoms with E-state index in [1.165, 1.54) is 6.07 Å². The molecule has 0 bridgehead atoms. The molecule has 0 unspecified atom stereocenters. The van der Waals surface area contributed by atoms with Crippen molar-refractivity contribution in [3.05, 3.63) is 28.8 Å². The van der Waals surface area contributed by atoms with Gasteiger partial charge >= 0.3 is 5.97 Å². The second-order valence-corrected chi connectivity index (χ2v) is 8.42. The van der Waals surface area contributed by atoms with Gasteiger partial charge in [0.15, 0.2) is 9.84 Å². The molecule has 1 aliphatic carbocycles. The summed E-state index contributed by atoms with van der Waals surface area (Å²) in [6, 6.07) is 3.18. The Morgan fingerprint density at radius 2 is 1.82 bits per heavy atom. The zero-order valence-corrected chi connectivity index (χ0v) is 14.2. The second kappa shape index (κ2) is 6.41. The number of aromatic carboxylic acids is 1. The van der Waals surface area contributed by atoms with E-state index >= 15 is 0 Å². The third-order valence-electron chi connectivity index (χ3n) is 4.70. The lowest BCUT2D eigenvalue weighted by atomic mass is 9.78. The van der Waals surface area contributed by atoms with Crippen molar-refractivity contribution < 1.29 is 18.3 Å². The summed E-state index contributed by atoms with van der Waals surface area (Å²) in [5.74, 6) is -0.165. The Morgan fingerprint density at radius 1 is 1.23 bits per heavy atom. The zero-order valence-electron chi connectivity index (χ0n) is 13.4. The minimum atomic E-state index is -3.44. The molecule has 1 fully saturated rings. The highest BCUT2D eigenvalue weighted by molar-refractivity contribution is 7.90. The van der Waals surface area contributed by atoms with Crippen molar-refractivity contribution in [2.24, 2.45) is 5.92 Å². The molecule has 1 aliphatic rings. The summed E-state index contributed by atoms with van der Waals surface area (Å²) in [5, 5.41) is 9.33. The van der Waals surface area contributed by atoms with Crippen LogP contribution in [-0.4, -0.2) is 25.7 Å². The van der Waals surface area contributed by atoms with E-state index in [2.05, 4.69) is 6.92 Å². The zero-order chi connectivity index (χ0) is 16.5. The molecule has 1 aromatic carbocycles. The quantitative estimate of drug-likeness (QED) is 0.917. The Balaban J connectivity index is 2.58. The first-order chi connectivity index (χ1) is 10.2. The van der Waals surface area contributed by atoms with Crippen LogP contribution in [0.2, 0.25) is 0 Å². The van der Waals surface area contributed by atoms with Crippen LogP contribution in [0.3, 0.4) is 0 Å². The number of carboxylic acid groups (broad SMARTS) is 1. The summed E-state index contributed by atoms with van der Waals surface area (Å²) in [4.78, 5) is 11.6. The van der Waals surface area contributed by atoms with Gasteiger partial charge in [0, 0.05) is 6.26 Å². The molecule has 0 saturated heterocycles. The summed E-state index contributed by atoms with van der Waals surface area (Å²) < 4.78 is 24.3. The van der Waals surface area contributed by atoms with Gasteiger partial charge in [0.1, 0.15) is 0 Å². The van der Waals surface area contributed by atoms with Crippen molar-refractivity contribution in [3.63, 3.8) is 0 Å². The monoisotopic (exact) mass is 324 g/mol. The predicted molar refractivity (Wildman–Crippen MR) is 86.3 cm³/mol. The van der Waals surface area contributed by atoms with Crippen LogP contribution in [0.25, 0.3) is 0 Å². The molecule has 1 saturated carbocycles.